The van der Waals surface area contributed by atoms with Crippen LogP contribution in [-0.4, -0.2) is 17.6 Å². The second-order valence-electron chi connectivity index (χ2n) is 7.47. The standard InChI is InChI=1S/C24H19Cl2N3O2S2/c25-14-8-9-18(20(26)10-14)23(31)28-15-4-3-5-16(11-15)32-13-22(30)29-24-19(12-27)17-6-1-2-7-21(17)33-24/h3-5,8-11H,1-2,6-7,13H2,(H,28,31)(H,29,30). The summed E-state index contributed by atoms with van der Waals surface area (Å²) < 4.78 is 0. The molecule has 9 heteroatoms. The quantitative estimate of drug-likeness (QED) is 0.354. The Labute approximate surface area is 210 Å². The zero-order chi connectivity index (χ0) is 23.4. The Bertz CT molecular complexity index is 1270. The van der Waals surface area contributed by atoms with Crippen molar-refractivity contribution in [2.75, 3.05) is 16.4 Å². The van der Waals surface area contributed by atoms with E-state index in [-0.39, 0.29) is 22.6 Å². The second-order valence-corrected chi connectivity index (χ2v) is 10.5. The number of carbonyl (C=O) groups excluding carboxylic acids is 2. The lowest BCUT2D eigenvalue weighted by Gasteiger charge is -2.09. The maximum absolute atomic E-state index is 12.5. The van der Waals surface area contributed by atoms with Crippen molar-refractivity contribution in [1.29, 1.82) is 5.26 Å². The van der Waals surface area contributed by atoms with Gasteiger partial charge in [0.2, 0.25) is 5.91 Å². The minimum Gasteiger partial charge on any atom is -0.322 e. The first-order valence-electron chi connectivity index (χ1n) is 10.3. The van der Waals surface area contributed by atoms with E-state index >= 15 is 0 Å². The van der Waals surface area contributed by atoms with Gasteiger partial charge in [-0.25, -0.2) is 0 Å². The lowest BCUT2D eigenvalue weighted by atomic mass is 9.96. The third kappa shape index (κ3) is 5.71. The molecular formula is C24H19Cl2N3O2S2. The molecule has 168 valence electrons. The van der Waals surface area contributed by atoms with E-state index in [4.69, 9.17) is 23.2 Å². The lowest BCUT2D eigenvalue weighted by molar-refractivity contribution is -0.113. The predicted octanol–water partition coefficient (Wildman–Crippen LogP) is 6.79. The summed E-state index contributed by atoms with van der Waals surface area (Å²) in [6.07, 6.45) is 4.08. The first kappa shape index (κ1) is 23.7. The number of rotatable bonds is 6. The van der Waals surface area contributed by atoms with Crippen molar-refractivity contribution in [2.45, 2.75) is 30.6 Å². The van der Waals surface area contributed by atoms with E-state index < -0.39 is 0 Å². The molecule has 1 aromatic heterocycles. The Hall–Kier alpha value is -2.50. The van der Waals surface area contributed by atoms with Gasteiger partial charge in [-0.1, -0.05) is 29.3 Å². The van der Waals surface area contributed by atoms with Crippen molar-refractivity contribution in [3.05, 3.63) is 74.1 Å². The molecule has 2 N–H and O–H groups in total. The molecule has 0 bridgehead atoms. The summed E-state index contributed by atoms with van der Waals surface area (Å²) in [5.41, 5.74) is 2.62. The summed E-state index contributed by atoms with van der Waals surface area (Å²) in [7, 11) is 0. The molecule has 0 atom stereocenters. The SMILES string of the molecule is N#Cc1c(NC(=O)CSc2cccc(NC(=O)c3ccc(Cl)cc3Cl)c2)sc2c1CCCC2. The summed E-state index contributed by atoms with van der Waals surface area (Å²) in [5, 5.41) is 16.7. The molecule has 3 aromatic rings. The molecule has 0 radical (unpaired) electrons. The summed E-state index contributed by atoms with van der Waals surface area (Å²) in [4.78, 5) is 27.1. The summed E-state index contributed by atoms with van der Waals surface area (Å²) in [6.45, 7) is 0. The average Bonchev–Trinajstić information content (AvgIpc) is 3.14. The Balaban J connectivity index is 1.37. The molecule has 0 aliphatic heterocycles. The van der Waals surface area contributed by atoms with E-state index in [0.29, 0.717) is 26.8 Å². The number of thiophene rings is 1. The number of halogens is 2. The number of fused-ring (bicyclic) bond motifs is 1. The number of anilines is 2. The van der Waals surface area contributed by atoms with Gasteiger partial charge in [-0.3, -0.25) is 9.59 Å². The van der Waals surface area contributed by atoms with Crippen molar-refractivity contribution in [2.24, 2.45) is 0 Å². The molecule has 1 heterocycles. The largest absolute Gasteiger partial charge is 0.322 e. The summed E-state index contributed by atoms with van der Waals surface area (Å²) >= 11 is 14.9. The third-order valence-electron chi connectivity index (χ3n) is 5.17. The second kappa shape index (κ2) is 10.6. The molecule has 5 nitrogen and oxygen atoms in total. The normalized spacial score (nSPS) is 12.5. The molecule has 33 heavy (non-hydrogen) atoms. The molecule has 0 saturated heterocycles. The number of amides is 2. The fourth-order valence-electron chi connectivity index (χ4n) is 3.62. The average molecular weight is 516 g/mol. The first-order valence-corrected chi connectivity index (χ1v) is 12.8. The monoisotopic (exact) mass is 515 g/mol. The highest BCUT2D eigenvalue weighted by Crippen LogP contribution is 2.37. The Morgan fingerprint density at radius 3 is 2.70 bits per heavy atom. The van der Waals surface area contributed by atoms with Crippen molar-refractivity contribution in [3.8, 4) is 6.07 Å². The number of aryl methyl sites for hydroxylation is 1. The number of hydrogen-bond donors (Lipinski definition) is 2. The number of benzene rings is 2. The van der Waals surface area contributed by atoms with Crippen LogP contribution in [0.25, 0.3) is 0 Å². The summed E-state index contributed by atoms with van der Waals surface area (Å²) in [6, 6.07) is 14.2. The lowest BCUT2D eigenvalue weighted by Crippen LogP contribution is -2.14. The number of nitrogens with zero attached hydrogens (tertiary/aromatic N) is 1. The Morgan fingerprint density at radius 1 is 1.09 bits per heavy atom. The van der Waals surface area contributed by atoms with Gasteiger partial charge in [0.1, 0.15) is 11.1 Å². The van der Waals surface area contributed by atoms with Crippen LogP contribution in [0, 0.1) is 11.3 Å². The van der Waals surface area contributed by atoms with E-state index in [9.17, 15) is 14.9 Å². The Kier molecular flexibility index (Phi) is 7.61. The Morgan fingerprint density at radius 2 is 1.91 bits per heavy atom. The van der Waals surface area contributed by atoms with E-state index in [1.807, 2.05) is 6.07 Å². The molecule has 4 rings (SSSR count). The van der Waals surface area contributed by atoms with Crippen molar-refractivity contribution < 1.29 is 9.59 Å². The molecular weight excluding hydrogens is 497 g/mol. The molecule has 0 saturated carbocycles. The van der Waals surface area contributed by atoms with Gasteiger partial charge in [0.05, 0.1) is 21.9 Å². The maximum atomic E-state index is 12.5. The van der Waals surface area contributed by atoms with Gasteiger partial charge in [0.15, 0.2) is 0 Å². The van der Waals surface area contributed by atoms with Crippen LogP contribution >= 0.6 is 46.3 Å². The number of nitrogens with one attached hydrogen (secondary N) is 2. The van der Waals surface area contributed by atoms with Gasteiger partial charge >= 0.3 is 0 Å². The zero-order valence-electron chi connectivity index (χ0n) is 17.4. The van der Waals surface area contributed by atoms with Gasteiger partial charge in [-0.2, -0.15) is 5.26 Å². The predicted molar refractivity (Wildman–Crippen MR) is 136 cm³/mol. The molecule has 1 aliphatic carbocycles. The third-order valence-corrected chi connectivity index (χ3v) is 7.92. The van der Waals surface area contributed by atoms with E-state index in [1.54, 1.807) is 30.3 Å². The fourth-order valence-corrected chi connectivity index (χ4v) is 6.12. The van der Waals surface area contributed by atoms with Crippen LogP contribution in [0.3, 0.4) is 0 Å². The van der Waals surface area contributed by atoms with E-state index in [0.717, 1.165) is 36.1 Å². The van der Waals surface area contributed by atoms with Gasteiger partial charge in [-0.15, -0.1) is 23.1 Å². The van der Waals surface area contributed by atoms with Crippen molar-refractivity contribution in [3.63, 3.8) is 0 Å². The number of nitriles is 1. The van der Waals surface area contributed by atoms with E-state index in [1.165, 1.54) is 34.0 Å². The van der Waals surface area contributed by atoms with Crippen LogP contribution in [0.1, 0.15) is 39.2 Å². The van der Waals surface area contributed by atoms with Crippen LogP contribution < -0.4 is 10.6 Å². The van der Waals surface area contributed by atoms with Crippen molar-refractivity contribution in [1.82, 2.24) is 0 Å². The smallest absolute Gasteiger partial charge is 0.257 e. The number of thioether (sulfide) groups is 1. The highest BCUT2D eigenvalue weighted by molar-refractivity contribution is 8.00. The van der Waals surface area contributed by atoms with Crippen molar-refractivity contribution >= 4 is 68.8 Å². The maximum Gasteiger partial charge on any atom is 0.257 e. The van der Waals surface area contributed by atoms with Gasteiger partial charge in [0.25, 0.3) is 5.91 Å². The molecule has 0 fully saturated rings. The molecule has 2 amide bonds. The van der Waals surface area contributed by atoms with Gasteiger partial charge in [-0.05, 0) is 67.6 Å². The van der Waals surface area contributed by atoms with E-state index in [2.05, 4.69) is 16.7 Å². The topological polar surface area (TPSA) is 82.0 Å². The molecule has 2 aromatic carbocycles. The molecule has 0 spiro atoms. The van der Waals surface area contributed by atoms with Crippen LogP contribution in [0.15, 0.2) is 47.4 Å². The van der Waals surface area contributed by atoms with Crippen LogP contribution in [0.4, 0.5) is 10.7 Å². The highest BCUT2D eigenvalue weighted by atomic mass is 35.5. The van der Waals surface area contributed by atoms with Crippen LogP contribution in [0.2, 0.25) is 10.0 Å². The van der Waals surface area contributed by atoms with Crippen LogP contribution in [-0.2, 0) is 17.6 Å². The zero-order valence-corrected chi connectivity index (χ0v) is 20.6. The number of carbonyl (C=O) groups is 2. The summed E-state index contributed by atoms with van der Waals surface area (Å²) in [5.74, 6) is -0.326. The van der Waals surface area contributed by atoms with Gasteiger partial charge in [0, 0.05) is 20.5 Å². The molecule has 0 unspecified atom stereocenters. The van der Waals surface area contributed by atoms with Gasteiger partial charge < -0.3 is 10.6 Å². The number of hydrogen-bond acceptors (Lipinski definition) is 5. The minimum absolute atomic E-state index is 0.169. The van der Waals surface area contributed by atoms with Crippen LogP contribution in [0.5, 0.6) is 0 Å². The highest BCUT2D eigenvalue weighted by Gasteiger charge is 2.21. The first-order chi connectivity index (χ1) is 15.9. The minimum atomic E-state index is -0.345. The fraction of sp³-hybridized carbons (Fsp3) is 0.208. The molecule has 1 aliphatic rings.